The minimum absolute atomic E-state index is 0.00160. The molecule has 0 bridgehead atoms. The number of alkyl carbamates (subject to hydrolysis) is 1. The Labute approximate surface area is 207 Å². The van der Waals surface area contributed by atoms with Gasteiger partial charge in [0, 0.05) is 24.1 Å². The van der Waals surface area contributed by atoms with Crippen molar-refractivity contribution >= 4 is 35.3 Å². The van der Waals surface area contributed by atoms with Crippen LogP contribution < -0.4 is 10.6 Å². The van der Waals surface area contributed by atoms with Gasteiger partial charge in [-0.05, 0) is 52.8 Å². The molecule has 0 aromatic heterocycles. The average molecular weight is 491 g/mol. The summed E-state index contributed by atoms with van der Waals surface area (Å²) < 4.78 is 5.54. The molecule has 0 radical (unpaired) electrons. The fraction of sp³-hybridized carbons (Fsp3) is 0.222. The molecule has 0 spiro atoms. The predicted molar refractivity (Wildman–Crippen MR) is 132 cm³/mol. The van der Waals surface area contributed by atoms with Crippen LogP contribution in [-0.4, -0.2) is 36.2 Å². The summed E-state index contributed by atoms with van der Waals surface area (Å²) in [6, 6.07) is 20.6. The molecule has 0 unspecified atom stereocenters. The minimum atomic E-state index is -1.16. The van der Waals surface area contributed by atoms with E-state index in [-0.39, 0.29) is 40.9 Å². The number of ether oxygens (including phenoxy) is 1. The smallest absolute Gasteiger partial charge is 0.407 e. The van der Waals surface area contributed by atoms with Gasteiger partial charge in [-0.2, -0.15) is 0 Å². The molecule has 3 aromatic carbocycles. The summed E-state index contributed by atoms with van der Waals surface area (Å²) in [6.45, 7) is 0.562. The summed E-state index contributed by atoms with van der Waals surface area (Å²) in [5.41, 5.74) is 4.92. The van der Waals surface area contributed by atoms with Crippen molar-refractivity contribution in [1.82, 2.24) is 5.32 Å². The topological polar surface area (TPSA) is 105 Å². The summed E-state index contributed by atoms with van der Waals surface area (Å²) in [5.74, 6) is -1.65. The minimum Gasteiger partial charge on any atom is -0.478 e. The maximum absolute atomic E-state index is 12.5. The normalized spacial score (nSPS) is 17.7. The Morgan fingerprint density at radius 2 is 1.63 bits per heavy atom. The number of carboxylic acids is 1. The van der Waals surface area contributed by atoms with Gasteiger partial charge in [-0.3, -0.25) is 4.79 Å². The maximum Gasteiger partial charge on any atom is 0.407 e. The lowest BCUT2D eigenvalue weighted by atomic mass is 9.98. The predicted octanol–water partition coefficient (Wildman–Crippen LogP) is 5.15. The van der Waals surface area contributed by atoms with Crippen LogP contribution in [0.15, 0.2) is 66.7 Å². The van der Waals surface area contributed by atoms with Crippen molar-refractivity contribution in [3.05, 3.63) is 88.4 Å². The molecule has 3 aromatic rings. The van der Waals surface area contributed by atoms with Gasteiger partial charge >= 0.3 is 12.1 Å². The first-order valence-corrected chi connectivity index (χ1v) is 11.7. The van der Waals surface area contributed by atoms with E-state index in [2.05, 4.69) is 34.9 Å². The van der Waals surface area contributed by atoms with E-state index in [0.29, 0.717) is 18.7 Å². The number of benzene rings is 3. The van der Waals surface area contributed by atoms with E-state index in [1.807, 2.05) is 24.3 Å². The number of carbonyl (C=O) groups excluding carboxylic acids is 2. The van der Waals surface area contributed by atoms with Crippen molar-refractivity contribution < 1.29 is 24.2 Å². The van der Waals surface area contributed by atoms with Crippen molar-refractivity contribution in [1.29, 1.82) is 0 Å². The van der Waals surface area contributed by atoms with Gasteiger partial charge in [0.25, 0.3) is 0 Å². The molecule has 2 amide bonds. The number of hydrogen-bond acceptors (Lipinski definition) is 4. The Hall–Kier alpha value is -3.84. The molecule has 1 saturated carbocycles. The van der Waals surface area contributed by atoms with Gasteiger partial charge < -0.3 is 20.5 Å². The monoisotopic (exact) mass is 490 g/mol. The van der Waals surface area contributed by atoms with E-state index < -0.39 is 12.1 Å². The van der Waals surface area contributed by atoms with Gasteiger partial charge in [-0.25, -0.2) is 9.59 Å². The third-order valence-electron chi connectivity index (χ3n) is 6.58. The largest absolute Gasteiger partial charge is 0.478 e. The van der Waals surface area contributed by atoms with E-state index >= 15 is 0 Å². The molecule has 7 nitrogen and oxygen atoms in total. The van der Waals surface area contributed by atoms with Gasteiger partial charge in [-0.15, -0.1) is 0 Å². The number of halogens is 1. The van der Waals surface area contributed by atoms with Crippen molar-refractivity contribution in [2.75, 3.05) is 18.5 Å². The van der Waals surface area contributed by atoms with Gasteiger partial charge in [0.2, 0.25) is 5.91 Å². The van der Waals surface area contributed by atoms with Crippen LogP contribution in [0.2, 0.25) is 5.02 Å². The number of carbonyl (C=O) groups is 3. The second-order valence-electron chi connectivity index (χ2n) is 8.80. The van der Waals surface area contributed by atoms with Crippen molar-refractivity contribution in [3.63, 3.8) is 0 Å². The third-order valence-corrected chi connectivity index (χ3v) is 6.91. The Bertz CT molecular complexity index is 1280. The summed E-state index contributed by atoms with van der Waals surface area (Å²) >= 11 is 5.87. The summed E-state index contributed by atoms with van der Waals surface area (Å²) in [6.07, 6.45) is 0.122. The second kappa shape index (κ2) is 9.43. The molecule has 2 atom stereocenters. The first-order chi connectivity index (χ1) is 16.9. The number of anilines is 1. The highest BCUT2D eigenvalue weighted by Crippen LogP contribution is 2.44. The first-order valence-electron chi connectivity index (χ1n) is 11.3. The lowest BCUT2D eigenvalue weighted by Gasteiger charge is -2.14. The van der Waals surface area contributed by atoms with E-state index in [1.165, 1.54) is 23.3 Å². The molecule has 5 rings (SSSR count). The van der Waals surface area contributed by atoms with Gasteiger partial charge in [0.1, 0.15) is 6.61 Å². The molecule has 1 fully saturated rings. The number of hydrogen-bond donors (Lipinski definition) is 3. The standard InChI is InChI=1S/C27H23ClN2O5/c28-24-10-9-16(12-22(24)26(32)33)30-25(31)21-11-15(21)13-29-27(34)35-14-23-19-7-3-1-5-17(19)18-6-2-4-8-20(18)23/h1-10,12,15,21,23H,11,13-14H2,(H,29,34)(H,30,31)(H,32,33)/t15-,21-/m0/s1. The van der Waals surface area contributed by atoms with Crippen LogP contribution in [0.1, 0.15) is 33.8 Å². The van der Waals surface area contributed by atoms with Gasteiger partial charge in [-0.1, -0.05) is 60.1 Å². The van der Waals surface area contributed by atoms with Crippen molar-refractivity contribution in [2.24, 2.45) is 11.8 Å². The van der Waals surface area contributed by atoms with Crippen LogP contribution >= 0.6 is 11.6 Å². The van der Waals surface area contributed by atoms with Crippen LogP contribution in [0, 0.1) is 11.8 Å². The Morgan fingerprint density at radius 3 is 2.29 bits per heavy atom. The second-order valence-corrected chi connectivity index (χ2v) is 9.20. The van der Waals surface area contributed by atoms with Crippen molar-refractivity contribution in [3.8, 4) is 11.1 Å². The molecule has 3 N–H and O–H groups in total. The van der Waals surface area contributed by atoms with Gasteiger partial charge in [0.05, 0.1) is 10.6 Å². The first kappa shape index (κ1) is 22.9. The fourth-order valence-electron chi connectivity index (χ4n) is 4.66. The highest BCUT2D eigenvalue weighted by molar-refractivity contribution is 6.33. The van der Waals surface area contributed by atoms with Crippen LogP contribution in [0.25, 0.3) is 11.1 Å². The Balaban J connectivity index is 1.11. The van der Waals surface area contributed by atoms with Gasteiger partial charge in [0.15, 0.2) is 0 Å². The lowest BCUT2D eigenvalue weighted by Crippen LogP contribution is -2.29. The number of carboxylic acid groups (broad SMARTS) is 1. The molecule has 0 aliphatic heterocycles. The SMILES string of the molecule is O=C(NC[C@@H]1C[C@@H]1C(=O)Nc1ccc(Cl)c(C(=O)O)c1)OCC1c2ccccc2-c2ccccc21. The zero-order valence-electron chi connectivity index (χ0n) is 18.7. The number of amides is 2. The molecule has 178 valence electrons. The molecule has 2 aliphatic rings. The van der Waals surface area contributed by atoms with Crippen molar-refractivity contribution in [2.45, 2.75) is 12.3 Å². The number of rotatable bonds is 7. The lowest BCUT2D eigenvalue weighted by molar-refractivity contribution is -0.117. The zero-order valence-corrected chi connectivity index (χ0v) is 19.4. The molecule has 2 aliphatic carbocycles. The molecule has 8 heteroatoms. The molecule has 0 heterocycles. The summed E-state index contributed by atoms with van der Waals surface area (Å²) in [7, 11) is 0. The number of fused-ring (bicyclic) bond motifs is 3. The van der Waals surface area contributed by atoms with E-state index in [1.54, 1.807) is 6.07 Å². The molecular formula is C27H23ClN2O5. The molecular weight excluding hydrogens is 468 g/mol. The van der Waals surface area contributed by atoms with E-state index in [9.17, 15) is 19.5 Å². The molecule has 0 saturated heterocycles. The van der Waals surface area contributed by atoms with Crippen LogP contribution in [-0.2, 0) is 9.53 Å². The quantitative estimate of drug-likeness (QED) is 0.424. The summed E-state index contributed by atoms with van der Waals surface area (Å²) in [5, 5.41) is 14.8. The average Bonchev–Trinajstić information content (AvgIpc) is 3.57. The Morgan fingerprint density at radius 1 is 0.971 bits per heavy atom. The van der Waals surface area contributed by atoms with Crippen LogP contribution in [0.4, 0.5) is 10.5 Å². The van der Waals surface area contributed by atoms with Crippen LogP contribution in [0.3, 0.4) is 0 Å². The summed E-state index contributed by atoms with van der Waals surface area (Å²) in [4.78, 5) is 36.1. The third kappa shape index (κ3) is 4.72. The fourth-order valence-corrected chi connectivity index (χ4v) is 4.86. The zero-order chi connectivity index (χ0) is 24.5. The number of nitrogens with one attached hydrogen (secondary N) is 2. The maximum atomic E-state index is 12.5. The number of aromatic carboxylic acids is 1. The Kier molecular flexibility index (Phi) is 6.17. The van der Waals surface area contributed by atoms with E-state index in [4.69, 9.17) is 16.3 Å². The van der Waals surface area contributed by atoms with Crippen LogP contribution in [0.5, 0.6) is 0 Å². The highest BCUT2D eigenvalue weighted by Gasteiger charge is 2.43. The van der Waals surface area contributed by atoms with E-state index in [0.717, 1.165) is 11.1 Å². The molecule has 35 heavy (non-hydrogen) atoms. The highest BCUT2D eigenvalue weighted by atomic mass is 35.5.